The molecule has 0 fully saturated rings. The molecule has 0 aliphatic rings. The summed E-state index contributed by atoms with van der Waals surface area (Å²) >= 11 is 4.69. The van der Waals surface area contributed by atoms with E-state index in [9.17, 15) is 13.2 Å². The maximum absolute atomic E-state index is 12.8. The van der Waals surface area contributed by atoms with Crippen LogP contribution in [0.15, 0.2) is 53.0 Å². The number of fused-ring (bicyclic) bond motifs is 1. The number of benzene rings is 2. The minimum absolute atomic E-state index is 0.448. The van der Waals surface area contributed by atoms with Crippen molar-refractivity contribution in [1.29, 1.82) is 0 Å². The highest BCUT2D eigenvalue weighted by Crippen LogP contribution is 2.30. The van der Waals surface area contributed by atoms with E-state index in [1.54, 1.807) is 22.7 Å². The zero-order valence-electron chi connectivity index (χ0n) is 13.5. The van der Waals surface area contributed by atoms with Gasteiger partial charge in [0.15, 0.2) is 5.82 Å². The maximum atomic E-state index is 12.8. The van der Waals surface area contributed by atoms with E-state index in [4.69, 9.17) is 0 Å². The van der Waals surface area contributed by atoms with Gasteiger partial charge in [0.2, 0.25) is 4.96 Å². The first-order chi connectivity index (χ1) is 12.9. The summed E-state index contributed by atoms with van der Waals surface area (Å²) in [5.41, 5.74) is 0.633. The van der Waals surface area contributed by atoms with E-state index < -0.39 is 11.7 Å². The topological polar surface area (TPSA) is 43.1 Å². The van der Waals surface area contributed by atoms with Crippen molar-refractivity contribution in [1.82, 2.24) is 19.8 Å². The van der Waals surface area contributed by atoms with Crippen LogP contribution in [0.1, 0.15) is 16.1 Å². The Morgan fingerprint density at radius 1 is 1.00 bits per heavy atom. The predicted molar refractivity (Wildman–Crippen MR) is 102 cm³/mol. The second kappa shape index (κ2) is 6.90. The largest absolute Gasteiger partial charge is 0.416 e. The molecule has 0 saturated heterocycles. The lowest BCUT2D eigenvalue weighted by atomic mass is 10.1. The molecule has 4 aromatic rings. The first kappa shape index (κ1) is 17.9. The second-order valence-corrected chi connectivity index (χ2v) is 7.52. The maximum Gasteiger partial charge on any atom is 0.416 e. The van der Waals surface area contributed by atoms with Gasteiger partial charge < -0.3 is 0 Å². The highest BCUT2D eigenvalue weighted by atomic mass is 79.9. The molecule has 2 aromatic carbocycles. The molecule has 0 saturated carbocycles. The van der Waals surface area contributed by atoms with Crippen molar-refractivity contribution in [3.05, 3.63) is 69.1 Å². The Labute approximate surface area is 164 Å². The van der Waals surface area contributed by atoms with Gasteiger partial charge in [0.1, 0.15) is 5.01 Å². The van der Waals surface area contributed by atoms with Crippen molar-refractivity contribution in [3.63, 3.8) is 0 Å². The van der Waals surface area contributed by atoms with Gasteiger partial charge >= 0.3 is 6.18 Å². The second-order valence-electron chi connectivity index (χ2n) is 5.62. The number of alkyl halides is 3. The van der Waals surface area contributed by atoms with Gasteiger partial charge in [0.25, 0.3) is 0 Å². The molecule has 2 aromatic heterocycles. The monoisotopic (exact) mass is 450 g/mol. The van der Waals surface area contributed by atoms with E-state index in [0.29, 0.717) is 21.4 Å². The Balaban J connectivity index is 1.64. The average molecular weight is 451 g/mol. The molecular formula is C18H10BrF3N4S. The zero-order valence-corrected chi connectivity index (χ0v) is 15.9. The first-order valence-corrected chi connectivity index (χ1v) is 9.35. The van der Waals surface area contributed by atoms with E-state index in [1.165, 1.54) is 17.4 Å². The van der Waals surface area contributed by atoms with E-state index in [-0.39, 0.29) is 0 Å². The normalized spacial score (nSPS) is 12.3. The lowest BCUT2D eigenvalue weighted by Gasteiger charge is -2.06. The van der Waals surface area contributed by atoms with Crippen molar-refractivity contribution in [2.24, 2.45) is 0 Å². The van der Waals surface area contributed by atoms with Crippen molar-refractivity contribution < 1.29 is 13.2 Å². The predicted octanol–water partition coefficient (Wildman–Crippen LogP) is 5.80. The van der Waals surface area contributed by atoms with Crippen LogP contribution in [0, 0.1) is 0 Å². The smallest absolute Gasteiger partial charge is 0.182 e. The summed E-state index contributed by atoms with van der Waals surface area (Å²) < 4.78 is 41.0. The van der Waals surface area contributed by atoms with Gasteiger partial charge in [-0.3, -0.25) is 0 Å². The Hall–Kier alpha value is -2.52. The Bertz CT molecular complexity index is 1130. The fraction of sp³-hybridized carbons (Fsp3) is 0.0556. The van der Waals surface area contributed by atoms with Gasteiger partial charge in [-0.15, -0.1) is 10.2 Å². The molecule has 0 radical (unpaired) electrons. The van der Waals surface area contributed by atoms with Crippen LogP contribution in [0.3, 0.4) is 0 Å². The highest BCUT2D eigenvalue weighted by molar-refractivity contribution is 9.10. The van der Waals surface area contributed by atoms with E-state index >= 15 is 0 Å². The molecule has 0 spiro atoms. The third-order valence-corrected chi connectivity index (χ3v) is 5.13. The number of rotatable bonds is 3. The van der Waals surface area contributed by atoms with Crippen LogP contribution in [-0.4, -0.2) is 19.8 Å². The van der Waals surface area contributed by atoms with E-state index in [2.05, 4.69) is 31.2 Å². The standard InChI is InChI=1S/C18H10BrF3N4S/c19-14-7-5-12(6-8-14)16-23-24-17-26(16)25-15(27-17)9-4-11-2-1-3-13(10-11)18(20,21)22/h1-10H. The summed E-state index contributed by atoms with van der Waals surface area (Å²) in [5, 5.41) is 13.3. The summed E-state index contributed by atoms with van der Waals surface area (Å²) in [6, 6.07) is 12.7. The quantitative estimate of drug-likeness (QED) is 0.395. The first-order valence-electron chi connectivity index (χ1n) is 7.74. The van der Waals surface area contributed by atoms with Crippen LogP contribution >= 0.6 is 27.3 Å². The van der Waals surface area contributed by atoms with Crippen LogP contribution in [0.4, 0.5) is 13.2 Å². The van der Waals surface area contributed by atoms with Gasteiger partial charge in [0.05, 0.1) is 5.56 Å². The molecule has 0 bridgehead atoms. The summed E-state index contributed by atoms with van der Waals surface area (Å²) in [7, 11) is 0. The van der Waals surface area contributed by atoms with E-state index in [0.717, 1.165) is 22.2 Å². The summed E-state index contributed by atoms with van der Waals surface area (Å²) in [4.78, 5) is 0.608. The molecule has 9 heteroatoms. The fourth-order valence-electron chi connectivity index (χ4n) is 2.46. The van der Waals surface area contributed by atoms with Crippen LogP contribution < -0.4 is 0 Å². The summed E-state index contributed by atoms with van der Waals surface area (Å²) in [5.74, 6) is 0.604. The highest BCUT2D eigenvalue weighted by Gasteiger charge is 2.30. The number of aromatic nitrogens is 4. The fourth-order valence-corrected chi connectivity index (χ4v) is 3.47. The van der Waals surface area contributed by atoms with Gasteiger partial charge in [-0.05, 0) is 35.9 Å². The Morgan fingerprint density at radius 2 is 1.78 bits per heavy atom. The number of hydrogen-bond acceptors (Lipinski definition) is 4. The molecule has 2 heterocycles. The number of hydrogen-bond donors (Lipinski definition) is 0. The Kier molecular flexibility index (Phi) is 4.56. The molecule has 136 valence electrons. The molecule has 0 unspecified atom stereocenters. The molecule has 0 atom stereocenters. The van der Waals surface area contributed by atoms with Crippen LogP contribution in [-0.2, 0) is 6.18 Å². The van der Waals surface area contributed by atoms with Crippen LogP contribution in [0.25, 0.3) is 28.5 Å². The minimum Gasteiger partial charge on any atom is -0.182 e. The molecular weight excluding hydrogens is 441 g/mol. The lowest BCUT2D eigenvalue weighted by molar-refractivity contribution is -0.137. The minimum atomic E-state index is -4.36. The summed E-state index contributed by atoms with van der Waals surface area (Å²) in [6.45, 7) is 0. The van der Waals surface area contributed by atoms with Gasteiger partial charge in [-0.2, -0.15) is 22.8 Å². The molecule has 0 N–H and O–H groups in total. The third-order valence-electron chi connectivity index (χ3n) is 3.74. The van der Waals surface area contributed by atoms with Crippen molar-refractivity contribution in [2.75, 3.05) is 0 Å². The van der Waals surface area contributed by atoms with Gasteiger partial charge in [0, 0.05) is 10.0 Å². The van der Waals surface area contributed by atoms with Gasteiger partial charge in [-0.1, -0.05) is 57.6 Å². The molecule has 4 rings (SSSR count). The van der Waals surface area contributed by atoms with Crippen molar-refractivity contribution in [3.8, 4) is 11.4 Å². The number of halogens is 4. The van der Waals surface area contributed by atoms with Gasteiger partial charge in [-0.25, -0.2) is 0 Å². The Morgan fingerprint density at radius 3 is 2.52 bits per heavy atom. The third kappa shape index (κ3) is 3.79. The molecule has 0 aliphatic carbocycles. The number of nitrogens with zero attached hydrogens (tertiary/aromatic N) is 4. The van der Waals surface area contributed by atoms with Crippen molar-refractivity contribution >= 4 is 44.4 Å². The van der Waals surface area contributed by atoms with Crippen molar-refractivity contribution in [2.45, 2.75) is 6.18 Å². The molecule has 27 heavy (non-hydrogen) atoms. The molecule has 4 nitrogen and oxygen atoms in total. The SMILES string of the molecule is FC(F)(F)c1cccc(C=Cc2nn3c(-c4ccc(Br)cc4)nnc3s2)c1. The molecule has 0 amide bonds. The lowest BCUT2D eigenvalue weighted by Crippen LogP contribution is -2.04. The zero-order chi connectivity index (χ0) is 19.0. The van der Waals surface area contributed by atoms with E-state index in [1.807, 2.05) is 24.3 Å². The average Bonchev–Trinajstić information content (AvgIpc) is 3.21. The molecule has 0 aliphatic heterocycles. The van der Waals surface area contributed by atoms with Crippen LogP contribution in [0.2, 0.25) is 0 Å². The van der Waals surface area contributed by atoms with Crippen LogP contribution in [0.5, 0.6) is 0 Å². The summed E-state index contributed by atoms with van der Waals surface area (Å²) in [6.07, 6.45) is -1.10.